The number of hydrogen-bond acceptors (Lipinski definition) is 2. The van der Waals surface area contributed by atoms with Gasteiger partial charge in [-0.05, 0) is 108 Å². The number of alkyl halides is 6. The van der Waals surface area contributed by atoms with E-state index in [2.05, 4.69) is 47.6 Å². The SMILES string of the molecule is Cc1cc(-c2ccc(OC(F)(F)F)cc2)ccc1CCCCCCCc1ccc(-c2ccc(OC(F)(F)F)cc2)cc1C. The number of ether oxygens (including phenoxy) is 2. The molecule has 0 aliphatic rings. The largest absolute Gasteiger partial charge is 0.573 e. The number of unbranched alkanes of at least 4 members (excludes halogenated alkanes) is 4. The molecule has 2 nitrogen and oxygen atoms in total. The summed E-state index contributed by atoms with van der Waals surface area (Å²) in [6, 6.07) is 24.2. The summed E-state index contributed by atoms with van der Waals surface area (Å²) < 4.78 is 82.2. The van der Waals surface area contributed by atoms with E-state index in [1.165, 1.54) is 35.4 Å². The minimum absolute atomic E-state index is 0.233. The van der Waals surface area contributed by atoms with E-state index in [1.54, 1.807) is 24.3 Å². The fourth-order valence-corrected chi connectivity index (χ4v) is 5.17. The maximum absolute atomic E-state index is 12.4. The summed E-state index contributed by atoms with van der Waals surface area (Å²) in [6.45, 7) is 4.12. The maximum atomic E-state index is 12.4. The molecule has 0 aliphatic heterocycles. The Bertz CT molecular complexity index is 1360. The van der Waals surface area contributed by atoms with Gasteiger partial charge in [0.05, 0.1) is 0 Å². The smallest absolute Gasteiger partial charge is 0.406 e. The van der Waals surface area contributed by atoms with Gasteiger partial charge in [0.1, 0.15) is 11.5 Å². The third-order valence-electron chi connectivity index (χ3n) is 7.42. The van der Waals surface area contributed by atoms with Crippen molar-refractivity contribution in [2.45, 2.75) is 71.5 Å². The van der Waals surface area contributed by atoms with E-state index in [0.29, 0.717) is 0 Å². The van der Waals surface area contributed by atoms with Gasteiger partial charge in [0.15, 0.2) is 0 Å². The molecule has 0 spiro atoms. The van der Waals surface area contributed by atoms with Gasteiger partial charge in [0.2, 0.25) is 0 Å². The normalized spacial score (nSPS) is 11.9. The highest BCUT2D eigenvalue weighted by atomic mass is 19.4. The van der Waals surface area contributed by atoms with Gasteiger partial charge < -0.3 is 9.47 Å². The van der Waals surface area contributed by atoms with E-state index in [9.17, 15) is 26.3 Å². The lowest BCUT2D eigenvalue weighted by Gasteiger charge is -2.12. The van der Waals surface area contributed by atoms with Crippen molar-refractivity contribution < 1.29 is 35.8 Å². The van der Waals surface area contributed by atoms with Gasteiger partial charge in [0.25, 0.3) is 0 Å². The van der Waals surface area contributed by atoms with Crippen molar-refractivity contribution in [2.75, 3.05) is 0 Å². The van der Waals surface area contributed by atoms with Gasteiger partial charge in [-0.2, -0.15) is 0 Å². The van der Waals surface area contributed by atoms with Gasteiger partial charge in [-0.1, -0.05) is 79.9 Å². The van der Waals surface area contributed by atoms with E-state index in [1.807, 2.05) is 12.1 Å². The van der Waals surface area contributed by atoms with Crippen LogP contribution in [0.3, 0.4) is 0 Å². The van der Waals surface area contributed by atoms with Crippen molar-refractivity contribution in [3.63, 3.8) is 0 Å². The summed E-state index contributed by atoms with van der Waals surface area (Å²) in [6.07, 6.45) is -1.86. The molecule has 0 bridgehead atoms. The molecule has 0 fully saturated rings. The zero-order valence-electron chi connectivity index (χ0n) is 24.1. The molecule has 0 amide bonds. The van der Waals surface area contributed by atoms with Crippen molar-refractivity contribution >= 4 is 0 Å². The predicted octanol–water partition coefficient (Wildman–Crippen LogP) is 11.2. The Kier molecular flexibility index (Phi) is 10.4. The van der Waals surface area contributed by atoms with E-state index in [4.69, 9.17) is 0 Å². The average Bonchev–Trinajstić information content (AvgIpc) is 2.93. The topological polar surface area (TPSA) is 18.5 Å². The molecule has 0 saturated heterocycles. The van der Waals surface area contributed by atoms with Crippen LogP contribution in [-0.2, 0) is 12.8 Å². The van der Waals surface area contributed by atoms with E-state index < -0.39 is 12.7 Å². The highest BCUT2D eigenvalue weighted by molar-refractivity contribution is 5.66. The van der Waals surface area contributed by atoms with Crippen LogP contribution in [0.1, 0.15) is 54.4 Å². The highest BCUT2D eigenvalue weighted by Crippen LogP contribution is 2.30. The Hall–Kier alpha value is -3.94. The third kappa shape index (κ3) is 10.1. The Balaban J connectivity index is 1.17. The molecule has 0 radical (unpaired) electrons. The second kappa shape index (κ2) is 14.0. The molecule has 43 heavy (non-hydrogen) atoms. The molecule has 0 unspecified atom stereocenters. The first-order chi connectivity index (χ1) is 20.4. The summed E-state index contributed by atoms with van der Waals surface area (Å²) in [5.74, 6) is -0.466. The molecular weight excluding hydrogens is 566 g/mol. The maximum Gasteiger partial charge on any atom is 0.573 e. The van der Waals surface area contributed by atoms with Crippen LogP contribution >= 0.6 is 0 Å². The molecule has 8 heteroatoms. The van der Waals surface area contributed by atoms with Crippen LogP contribution in [0.15, 0.2) is 84.9 Å². The predicted molar refractivity (Wildman–Crippen MR) is 157 cm³/mol. The standard InChI is InChI=1S/C35H34F6O2/c1-24-22-30(28-14-18-32(19-15-28)42-34(36,37)38)12-10-26(24)8-6-4-3-5-7-9-27-11-13-31(23-25(27)2)29-16-20-33(21-17-29)43-35(39,40)41/h10-23H,3-9H2,1-2H3. The minimum Gasteiger partial charge on any atom is -0.406 e. The Morgan fingerprint density at radius 1 is 0.442 bits per heavy atom. The van der Waals surface area contributed by atoms with Crippen LogP contribution in [0.25, 0.3) is 22.3 Å². The lowest BCUT2D eigenvalue weighted by molar-refractivity contribution is -0.275. The van der Waals surface area contributed by atoms with Crippen molar-refractivity contribution in [1.82, 2.24) is 0 Å². The van der Waals surface area contributed by atoms with Gasteiger partial charge in [-0.25, -0.2) is 0 Å². The molecule has 4 rings (SSSR count). The lowest BCUT2D eigenvalue weighted by Crippen LogP contribution is -2.16. The van der Waals surface area contributed by atoms with Crippen LogP contribution in [-0.4, -0.2) is 12.7 Å². The summed E-state index contributed by atoms with van der Waals surface area (Å²) in [7, 11) is 0. The summed E-state index contributed by atoms with van der Waals surface area (Å²) in [4.78, 5) is 0. The molecule has 0 atom stereocenters. The number of benzene rings is 4. The average molecular weight is 601 g/mol. The Labute approximate surface area is 248 Å². The first-order valence-corrected chi connectivity index (χ1v) is 14.3. The van der Waals surface area contributed by atoms with Gasteiger partial charge >= 0.3 is 12.7 Å². The molecule has 0 aliphatic carbocycles. The number of hydrogen-bond donors (Lipinski definition) is 0. The fourth-order valence-electron chi connectivity index (χ4n) is 5.17. The first kappa shape index (κ1) is 32.0. The van der Waals surface area contributed by atoms with Crippen molar-refractivity contribution in [2.24, 2.45) is 0 Å². The molecule has 0 saturated carbocycles. The Morgan fingerprint density at radius 2 is 0.767 bits per heavy atom. The van der Waals surface area contributed by atoms with Crippen molar-refractivity contribution in [3.8, 4) is 33.8 Å². The minimum atomic E-state index is -4.70. The zero-order valence-corrected chi connectivity index (χ0v) is 24.1. The second-order valence-corrected chi connectivity index (χ2v) is 10.7. The fraction of sp³-hybridized carbons (Fsp3) is 0.314. The molecule has 4 aromatic carbocycles. The van der Waals surface area contributed by atoms with Crippen LogP contribution in [0.4, 0.5) is 26.3 Å². The zero-order chi connectivity index (χ0) is 31.0. The van der Waals surface area contributed by atoms with Crippen LogP contribution in [0.5, 0.6) is 11.5 Å². The summed E-state index contributed by atoms with van der Waals surface area (Å²) in [5, 5.41) is 0. The third-order valence-corrected chi connectivity index (χ3v) is 7.42. The molecule has 228 valence electrons. The monoisotopic (exact) mass is 600 g/mol. The first-order valence-electron chi connectivity index (χ1n) is 14.3. The quantitative estimate of drug-likeness (QED) is 0.119. The molecule has 0 aromatic heterocycles. The van der Waals surface area contributed by atoms with Crippen LogP contribution in [0.2, 0.25) is 0 Å². The van der Waals surface area contributed by atoms with Gasteiger partial charge in [-0.15, -0.1) is 26.3 Å². The number of halogens is 6. The highest BCUT2D eigenvalue weighted by Gasteiger charge is 2.31. The molecule has 0 N–H and O–H groups in total. The lowest BCUT2D eigenvalue weighted by atomic mass is 9.95. The van der Waals surface area contributed by atoms with E-state index in [0.717, 1.165) is 78.3 Å². The van der Waals surface area contributed by atoms with E-state index >= 15 is 0 Å². The Morgan fingerprint density at radius 3 is 1.09 bits per heavy atom. The number of rotatable bonds is 12. The van der Waals surface area contributed by atoms with Crippen molar-refractivity contribution in [1.29, 1.82) is 0 Å². The molecule has 0 heterocycles. The van der Waals surface area contributed by atoms with Gasteiger partial charge in [-0.3, -0.25) is 0 Å². The summed E-state index contributed by atoms with van der Waals surface area (Å²) >= 11 is 0. The van der Waals surface area contributed by atoms with Crippen LogP contribution < -0.4 is 9.47 Å². The van der Waals surface area contributed by atoms with E-state index in [-0.39, 0.29) is 11.5 Å². The van der Waals surface area contributed by atoms with Crippen molar-refractivity contribution in [3.05, 3.63) is 107 Å². The summed E-state index contributed by atoms with van der Waals surface area (Å²) in [5.41, 5.74) is 8.46. The van der Waals surface area contributed by atoms with Crippen LogP contribution in [0, 0.1) is 13.8 Å². The molecular formula is C35H34F6O2. The molecule has 4 aromatic rings. The van der Waals surface area contributed by atoms with Gasteiger partial charge in [0, 0.05) is 0 Å². The second-order valence-electron chi connectivity index (χ2n) is 10.7. The number of aryl methyl sites for hydroxylation is 4.